The van der Waals surface area contributed by atoms with Crippen molar-refractivity contribution in [1.29, 1.82) is 0 Å². The second-order valence-electron chi connectivity index (χ2n) is 8.37. The third-order valence-electron chi connectivity index (χ3n) is 6.26. The van der Waals surface area contributed by atoms with Crippen LogP contribution in [-0.2, 0) is 6.42 Å². The molecule has 0 amide bonds. The number of aryl methyl sites for hydroxylation is 1. The molecule has 4 heterocycles. The normalized spacial score (nSPS) is 14.9. The zero-order valence-corrected chi connectivity index (χ0v) is 19.7. The van der Waals surface area contributed by atoms with Crippen molar-refractivity contribution < 1.29 is 9.15 Å². The quantitative estimate of drug-likeness (QED) is 0.192. The molecule has 8 nitrogen and oxygen atoms in total. The molecule has 35 heavy (non-hydrogen) atoms. The molecule has 0 bridgehead atoms. The molecule has 0 saturated heterocycles. The highest BCUT2D eigenvalue weighted by Gasteiger charge is 2.35. The average Bonchev–Trinajstić information content (AvgIpc) is 3.59. The van der Waals surface area contributed by atoms with Gasteiger partial charge in [-0.25, -0.2) is 15.0 Å². The maximum absolute atomic E-state index is 13.3. The Morgan fingerprint density at radius 2 is 1.94 bits per heavy atom. The van der Waals surface area contributed by atoms with Crippen LogP contribution in [0.1, 0.15) is 29.4 Å². The second-order valence-corrected chi connectivity index (χ2v) is 9.16. The number of nitrogens with two attached hydrogens (primary N) is 1. The number of imidazole rings is 1. The Labute approximate surface area is 210 Å². The van der Waals surface area contributed by atoms with E-state index >= 15 is 0 Å². The van der Waals surface area contributed by atoms with E-state index in [1.165, 1.54) is 6.39 Å². The summed E-state index contributed by atoms with van der Waals surface area (Å²) in [6.45, 7) is 0. The first-order chi connectivity index (χ1) is 17.0. The lowest BCUT2D eigenvalue weighted by molar-refractivity contribution is -0.614. The number of oxazole rings is 1. The Hall–Kier alpha value is -3.88. The summed E-state index contributed by atoms with van der Waals surface area (Å²) < 4.78 is 6.44. The lowest BCUT2D eigenvalue weighted by Crippen LogP contribution is -2.33. The summed E-state index contributed by atoms with van der Waals surface area (Å²) >= 11 is 12.6. The second kappa shape index (κ2) is 8.41. The van der Waals surface area contributed by atoms with E-state index in [0.717, 1.165) is 45.5 Å². The lowest BCUT2D eigenvalue weighted by atomic mass is 9.97. The number of halogens is 2. The predicted molar refractivity (Wildman–Crippen MR) is 133 cm³/mol. The number of hydrogen-bond donors (Lipinski definition) is 2. The van der Waals surface area contributed by atoms with E-state index in [2.05, 4.69) is 19.9 Å². The highest BCUT2D eigenvalue weighted by atomic mass is 35.5. The van der Waals surface area contributed by atoms with Crippen molar-refractivity contribution >= 4 is 29.0 Å². The molecule has 5 aromatic rings. The van der Waals surface area contributed by atoms with Gasteiger partial charge in [-0.1, -0.05) is 23.2 Å². The Balaban J connectivity index is 1.38. The van der Waals surface area contributed by atoms with E-state index in [-0.39, 0.29) is 5.92 Å². The molecule has 0 spiro atoms. The van der Waals surface area contributed by atoms with E-state index in [1.807, 2.05) is 18.2 Å². The predicted octanol–water partition coefficient (Wildman–Crippen LogP) is 5.39. The van der Waals surface area contributed by atoms with Crippen molar-refractivity contribution in [3.8, 4) is 33.7 Å². The molecule has 4 aromatic heterocycles. The number of nitrogen functional groups attached to an aromatic ring is 1. The summed E-state index contributed by atoms with van der Waals surface area (Å²) in [5.41, 5.74) is 11.1. The molecule has 1 atom stereocenters. The van der Waals surface area contributed by atoms with Gasteiger partial charge in [0.25, 0.3) is 0 Å². The van der Waals surface area contributed by atoms with Crippen molar-refractivity contribution in [2.45, 2.75) is 18.8 Å². The number of nitrogens with zero attached hydrogens (tertiary/aromatic N) is 4. The molecule has 1 aliphatic rings. The first-order valence-corrected chi connectivity index (χ1v) is 11.7. The van der Waals surface area contributed by atoms with Crippen LogP contribution in [0.4, 0.5) is 5.82 Å². The summed E-state index contributed by atoms with van der Waals surface area (Å²) in [7, 11) is 0. The molecule has 6 rings (SSSR count). The number of rotatable bonds is 4. The molecule has 1 aromatic carbocycles. The van der Waals surface area contributed by atoms with Gasteiger partial charge >= 0.3 is 0 Å². The number of anilines is 1. The molecule has 1 aliphatic carbocycles. The summed E-state index contributed by atoms with van der Waals surface area (Å²) in [4.78, 5) is 16.0. The average molecular weight is 505 g/mol. The number of hydrogen-bond acceptors (Lipinski definition) is 6. The summed E-state index contributed by atoms with van der Waals surface area (Å²) in [5.74, 6) is 1.48. The van der Waals surface area contributed by atoms with E-state index < -0.39 is 0 Å². The topological polar surface area (TPSA) is 121 Å². The van der Waals surface area contributed by atoms with Crippen molar-refractivity contribution in [2.75, 3.05) is 5.73 Å². The van der Waals surface area contributed by atoms with Crippen LogP contribution in [-0.4, -0.2) is 19.9 Å². The zero-order chi connectivity index (χ0) is 24.1. The molecular weight excluding hydrogens is 487 g/mol. The van der Waals surface area contributed by atoms with Crippen molar-refractivity contribution in [3.63, 3.8) is 0 Å². The highest BCUT2D eigenvalue weighted by molar-refractivity contribution is 6.32. The zero-order valence-electron chi connectivity index (χ0n) is 18.2. The van der Waals surface area contributed by atoms with Gasteiger partial charge in [0.05, 0.1) is 18.1 Å². The van der Waals surface area contributed by atoms with Crippen LogP contribution in [0.15, 0.2) is 65.8 Å². The van der Waals surface area contributed by atoms with Crippen molar-refractivity contribution in [2.24, 2.45) is 0 Å². The molecule has 0 radical (unpaired) electrons. The van der Waals surface area contributed by atoms with E-state index in [1.54, 1.807) is 36.8 Å². The maximum atomic E-state index is 13.3. The number of nitrogens with one attached hydrogen (secondary N) is 1. The molecule has 0 unspecified atom stereocenters. The number of benzene rings is 1. The fourth-order valence-electron chi connectivity index (χ4n) is 4.68. The Bertz CT molecular complexity index is 1560. The monoisotopic (exact) mass is 504 g/mol. The highest BCUT2D eigenvalue weighted by Crippen LogP contribution is 2.40. The van der Waals surface area contributed by atoms with Crippen LogP contribution in [0.2, 0.25) is 10.2 Å². The third kappa shape index (κ3) is 3.80. The number of aromatic nitrogens is 5. The number of H-pyrrole nitrogens is 1. The van der Waals surface area contributed by atoms with Crippen LogP contribution in [0, 0.1) is 5.21 Å². The fraction of sp³-hybridized carbons (Fsp3) is 0.120. The number of aromatic amines is 1. The summed E-state index contributed by atoms with van der Waals surface area (Å²) in [5, 5.41) is 14.2. The van der Waals surface area contributed by atoms with Crippen LogP contribution < -0.4 is 10.5 Å². The van der Waals surface area contributed by atoms with Gasteiger partial charge in [-0.15, -0.1) is 0 Å². The molecule has 174 valence electrons. The van der Waals surface area contributed by atoms with Crippen LogP contribution in [0.3, 0.4) is 0 Å². The maximum Gasteiger partial charge on any atom is 0.206 e. The minimum absolute atomic E-state index is 0.168. The van der Waals surface area contributed by atoms with E-state index in [4.69, 9.17) is 33.4 Å². The van der Waals surface area contributed by atoms with Gasteiger partial charge in [-0.2, -0.15) is 4.73 Å². The van der Waals surface area contributed by atoms with Gasteiger partial charge in [0.2, 0.25) is 5.69 Å². The van der Waals surface area contributed by atoms with E-state index in [9.17, 15) is 5.21 Å². The van der Waals surface area contributed by atoms with Gasteiger partial charge in [-0.05, 0) is 49.2 Å². The van der Waals surface area contributed by atoms with Crippen molar-refractivity contribution in [3.05, 3.63) is 93.8 Å². The summed E-state index contributed by atoms with van der Waals surface area (Å²) in [6, 6.07) is 11.0. The van der Waals surface area contributed by atoms with Gasteiger partial charge in [-0.3, -0.25) is 0 Å². The fourth-order valence-corrected chi connectivity index (χ4v) is 5.12. The van der Waals surface area contributed by atoms with Gasteiger partial charge in [0.15, 0.2) is 18.4 Å². The van der Waals surface area contributed by atoms with Crippen LogP contribution in [0.25, 0.3) is 33.7 Å². The van der Waals surface area contributed by atoms with Crippen molar-refractivity contribution in [1.82, 2.24) is 19.9 Å². The molecular formula is C25H18Cl2N6O2. The largest absolute Gasteiger partial charge is 0.618 e. The van der Waals surface area contributed by atoms with Crippen LogP contribution in [0.5, 0.6) is 0 Å². The lowest BCUT2D eigenvalue weighted by Gasteiger charge is -2.13. The molecule has 3 N–H and O–H groups in total. The number of fused-ring (bicyclic) bond motifs is 1. The Morgan fingerprint density at radius 1 is 1.09 bits per heavy atom. The third-order valence-corrected chi connectivity index (χ3v) is 6.78. The SMILES string of the molecule is Nc1ccc(-c2cnc([C@@H]3CCc4cc(-c5cc(Cl)ccc5-c5cnco5)c[n+]([O-])c43)[nH]2)c(Cl)n1. The minimum atomic E-state index is -0.168. The molecule has 10 heteroatoms. The minimum Gasteiger partial charge on any atom is -0.618 e. The Kier molecular flexibility index (Phi) is 5.20. The van der Waals surface area contributed by atoms with Gasteiger partial charge in [0.1, 0.15) is 22.7 Å². The molecule has 0 fully saturated rings. The first-order valence-electron chi connectivity index (χ1n) is 10.9. The van der Waals surface area contributed by atoms with Gasteiger partial charge in [0, 0.05) is 32.8 Å². The number of pyridine rings is 2. The molecule has 0 aliphatic heterocycles. The van der Waals surface area contributed by atoms with Gasteiger partial charge < -0.3 is 20.3 Å². The standard InChI is InChI=1S/C25H18Cl2N6O2/c26-15-2-4-16(21-10-29-12-35-21)19(8-15)14-7-13-1-3-18(23(13)33(34)11-14)25-30-9-20(31-25)17-5-6-22(28)32-24(17)27/h2,4-12,18H,1,3H2,(H2,28,32)(H,30,31)/t18-/m1/s1. The summed E-state index contributed by atoms with van der Waals surface area (Å²) in [6.07, 6.45) is 7.79. The van der Waals surface area contributed by atoms with Crippen LogP contribution >= 0.6 is 23.2 Å². The van der Waals surface area contributed by atoms with E-state index in [0.29, 0.717) is 38.8 Å². The smallest absolute Gasteiger partial charge is 0.206 e. The molecule has 0 saturated carbocycles. The Morgan fingerprint density at radius 3 is 2.74 bits per heavy atom. The first kappa shape index (κ1) is 21.6.